The summed E-state index contributed by atoms with van der Waals surface area (Å²) in [6.45, 7) is 0. The van der Waals surface area contributed by atoms with Crippen LogP contribution in [-0.2, 0) is 0 Å². The molecule has 3 aromatic rings. The lowest BCUT2D eigenvalue weighted by Gasteiger charge is -2.22. The van der Waals surface area contributed by atoms with E-state index in [2.05, 4.69) is 36.1 Å². The molecule has 0 bridgehead atoms. The average molecular weight is 356 g/mol. The number of aromatic amines is 2. The van der Waals surface area contributed by atoms with Crippen molar-refractivity contribution >= 4 is 37.0 Å². The Morgan fingerprint density at radius 2 is 2.18 bits per heavy atom. The highest BCUT2D eigenvalue weighted by molar-refractivity contribution is 9.15. The van der Waals surface area contributed by atoms with Gasteiger partial charge in [-0.3, -0.25) is 9.89 Å². The van der Waals surface area contributed by atoms with Gasteiger partial charge in [-0.25, -0.2) is 4.98 Å². The standard InChI is InChI=1S/C15H10BrN5O/c16-10-4-8(7-2-1-3-11-9(7)5-20-21-11)13(17)12-14(10)18-6-19-15(12)22/h1-6,8,17H,(H,20,21)(H,18,19,22). The highest BCUT2D eigenvalue weighted by Crippen LogP contribution is 2.37. The molecule has 0 radical (unpaired) electrons. The first-order valence-electron chi connectivity index (χ1n) is 6.63. The van der Waals surface area contributed by atoms with Gasteiger partial charge < -0.3 is 10.4 Å². The third kappa shape index (κ3) is 1.79. The summed E-state index contributed by atoms with van der Waals surface area (Å²) in [6, 6.07) is 5.79. The van der Waals surface area contributed by atoms with Crippen LogP contribution in [-0.4, -0.2) is 25.9 Å². The summed E-state index contributed by atoms with van der Waals surface area (Å²) in [6.07, 6.45) is 4.99. The lowest BCUT2D eigenvalue weighted by atomic mass is 9.84. The van der Waals surface area contributed by atoms with E-state index < -0.39 is 0 Å². The van der Waals surface area contributed by atoms with Crippen molar-refractivity contribution in [3.8, 4) is 0 Å². The van der Waals surface area contributed by atoms with Crippen LogP contribution in [0.5, 0.6) is 0 Å². The zero-order chi connectivity index (χ0) is 15.3. The molecule has 1 atom stereocenters. The van der Waals surface area contributed by atoms with Crippen molar-refractivity contribution in [2.75, 3.05) is 0 Å². The second kappa shape index (κ2) is 4.74. The fourth-order valence-electron chi connectivity index (χ4n) is 2.80. The Hall–Kier alpha value is -2.54. The molecule has 1 aliphatic rings. The van der Waals surface area contributed by atoms with E-state index in [4.69, 9.17) is 5.41 Å². The van der Waals surface area contributed by atoms with E-state index in [0.29, 0.717) is 11.3 Å². The van der Waals surface area contributed by atoms with E-state index >= 15 is 0 Å². The van der Waals surface area contributed by atoms with Crippen LogP contribution in [0.15, 0.2) is 41.6 Å². The molecule has 4 rings (SSSR count). The van der Waals surface area contributed by atoms with Gasteiger partial charge in [0, 0.05) is 15.8 Å². The number of aromatic nitrogens is 4. The number of halogens is 1. The molecule has 3 N–H and O–H groups in total. The predicted octanol–water partition coefficient (Wildman–Crippen LogP) is 2.55. The van der Waals surface area contributed by atoms with Gasteiger partial charge in [0.1, 0.15) is 0 Å². The van der Waals surface area contributed by atoms with E-state index in [1.807, 2.05) is 24.3 Å². The second-order valence-electron chi connectivity index (χ2n) is 5.04. The smallest absolute Gasteiger partial charge is 0.260 e. The number of hydrogen-bond acceptors (Lipinski definition) is 4. The Balaban J connectivity index is 1.97. The second-order valence-corrected chi connectivity index (χ2v) is 5.89. The minimum Gasteiger partial charge on any atom is -0.313 e. The van der Waals surface area contributed by atoms with Gasteiger partial charge in [-0.15, -0.1) is 0 Å². The number of benzene rings is 1. The van der Waals surface area contributed by atoms with Crippen molar-refractivity contribution < 1.29 is 0 Å². The third-order valence-electron chi connectivity index (χ3n) is 3.83. The normalized spacial score (nSPS) is 17.4. The summed E-state index contributed by atoms with van der Waals surface area (Å²) in [4.78, 5) is 18.8. The summed E-state index contributed by atoms with van der Waals surface area (Å²) in [5.74, 6) is -0.325. The molecule has 0 amide bonds. The topological polar surface area (TPSA) is 98.3 Å². The van der Waals surface area contributed by atoms with Gasteiger partial charge in [-0.1, -0.05) is 18.2 Å². The van der Waals surface area contributed by atoms with Crippen molar-refractivity contribution in [1.29, 1.82) is 5.41 Å². The summed E-state index contributed by atoms with van der Waals surface area (Å²) in [7, 11) is 0. The first kappa shape index (κ1) is 13.1. The fraction of sp³-hybridized carbons (Fsp3) is 0.0667. The monoisotopic (exact) mass is 355 g/mol. The Bertz CT molecular complexity index is 1000. The van der Waals surface area contributed by atoms with Gasteiger partial charge in [0.2, 0.25) is 0 Å². The van der Waals surface area contributed by atoms with Gasteiger partial charge in [-0.05, 0) is 27.6 Å². The van der Waals surface area contributed by atoms with Crippen molar-refractivity contribution in [2.45, 2.75) is 5.92 Å². The van der Waals surface area contributed by atoms with Gasteiger partial charge in [0.25, 0.3) is 5.56 Å². The molecule has 0 aliphatic heterocycles. The van der Waals surface area contributed by atoms with Crippen LogP contribution in [0.25, 0.3) is 15.4 Å². The van der Waals surface area contributed by atoms with E-state index in [-0.39, 0.29) is 17.2 Å². The summed E-state index contributed by atoms with van der Waals surface area (Å²) in [5, 5.41) is 16.4. The maximum atomic E-state index is 12.1. The molecule has 1 aliphatic carbocycles. The Kier molecular flexibility index (Phi) is 2.83. The van der Waals surface area contributed by atoms with Crippen LogP contribution in [0.2, 0.25) is 0 Å². The zero-order valence-corrected chi connectivity index (χ0v) is 12.8. The Labute approximate surface area is 132 Å². The zero-order valence-electron chi connectivity index (χ0n) is 11.2. The Morgan fingerprint density at radius 3 is 3.05 bits per heavy atom. The SMILES string of the molecule is N=C1c2c(nc[nH]c2=O)C(Br)=CC1c1cccc2[nH]ncc12. The van der Waals surface area contributed by atoms with Gasteiger partial charge in [0.15, 0.2) is 0 Å². The molecular weight excluding hydrogens is 346 g/mol. The maximum Gasteiger partial charge on any atom is 0.260 e. The van der Waals surface area contributed by atoms with Crippen molar-refractivity contribution in [1.82, 2.24) is 20.2 Å². The lowest BCUT2D eigenvalue weighted by Crippen LogP contribution is -2.27. The number of hydrogen-bond donors (Lipinski definition) is 3. The van der Waals surface area contributed by atoms with Crippen LogP contribution in [0.3, 0.4) is 0 Å². The molecule has 1 aromatic carbocycles. The van der Waals surface area contributed by atoms with Crippen molar-refractivity contribution in [3.63, 3.8) is 0 Å². The van der Waals surface area contributed by atoms with E-state index in [0.717, 1.165) is 20.9 Å². The number of nitrogens with one attached hydrogen (secondary N) is 3. The average Bonchev–Trinajstić information content (AvgIpc) is 2.99. The molecule has 0 saturated heterocycles. The number of allylic oxidation sites excluding steroid dienone is 1. The first-order valence-corrected chi connectivity index (χ1v) is 7.42. The summed E-state index contributed by atoms with van der Waals surface area (Å²) < 4.78 is 0.718. The number of H-pyrrole nitrogens is 2. The molecule has 1 unspecified atom stereocenters. The van der Waals surface area contributed by atoms with Gasteiger partial charge in [-0.2, -0.15) is 5.10 Å². The molecule has 108 valence electrons. The summed E-state index contributed by atoms with van der Waals surface area (Å²) >= 11 is 3.47. The number of nitrogens with zero attached hydrogens (tertiary/aromatic N) is 2. The minimum atomic E-state index is -0.325. The van der Waals surface area contributed by atoms with Crippen LogP contribution in [0, 0.1) is 5.41 Å². The van der Waals surface area contributed by atoms with E-state index in [1.54, 1.807) is 6.20 Å². The van der Waals surface area contributed by atoms with Crippen molar-refractivity contribution in [2.24, 2.45) is 0 Å². The van der Waals surface area contributed by atoms with Crippen LogP contribution in [0.4, 0.5) is 0 Å². The molecule has 2 heterocycles. The fourth-order valence-corrected chi connectivity index (χ4v) is 3.37. The maximum absolute atomic E-state index is 12.1. The molecule has 22 heavy (non-hydrogen) atoms. The van der Waals surface area contributed by atoms with Crippen LogP contribution < -0.4 is 5.56 Å². The third-order valence-corrected chi connectivity index (χ3v) is 4.47. The molecule has 0 spiro atoms. The molecule has 6 nitrogen and oxygen atoms in total. The van der Waals surface area contributed by atoms with Crippen LogP contribution >= 0.6 is 15.9 Å². The minimum absolute atomic E-state index is 0.237. The molecule has 2 aromatic heterocycles. The molecular formula is C15H10BrN5O. The summed E-state index contributed by atoms with van der Waals surface area (Å²) in [5.41, 5.74) is 2.58. The molecule has 0 fully saturated rings. The largest absolute Gasteiger partial charge is 0.313 e. The highest BCUT2D eigenvalue weighted by atomic mass is 79.9. The number of rotatable bonds is 1. The van der Waals surface area contributed by atoms with E-state index in [1.165, 1.54) is 6.33 Å². The first-order chi connectivity index (χ1) is 10.7. The molecule has 0 saturated carbocycles. The number of fused-ring (bicyclic) bond motifs is 2. The van der Waals surface area contributed by atoms with Crippen molar-refractivity contribution in [3.05, 3.63) is 64.0 Å². The van der Waals surface area contributed by atoms with Gasteiger partial charge >= 0.3 is 0 Å². The quantitative estimate of drug-likeness (QED) is 0.625. The Morgan fingerprint density at radius 1 is 1.32 bits per heavy atom. The molecule has 7 heteroatoms. The predicted molar refractivity (Wildman–Crippen MR) is 87.4 cm³/mol. The van der Waals surface area contributed by atoms with Crippen LogP contribution in [0.1, 0.15) is 22.7 Å². The van der Waals surface area contributed by atoms with Gasteiger partial charge in [0.05, 0.1) is 35.0 Å². The highest BCUT2D eigenvalue weighted by Gasteiger charge is 2.29. The van der Waals surface area contributed by atoms with E-state index in [9.17, 15) is 4.79 Å². The lowest BCUT2D eigenvalue weighted by molar-refractivity contribution is 1.04.